The van der Waals surface area contributed by atoms with Gasteiger partial charge < -0.3 is 14.9 Å². The molecular weight excluding hydrogens is 171 g/mol. The highest BCUT2D eigenvalue weighted by Crippen LogP contribution is 2.11. The molecular formula is C5H8O5P+. The summed E-state index contributed by atoms with van der Waals surface area (Å²) in [7, 11) is -1.12. The quantitative estimate of drug-likeness (QED) is 0.260. The van der Waals surface area contributed by atoms with Gasteiger partial charge in [-0.05, 0) is 0 Å². The van der Waals surface area contributed by atoms with Gasteiger partial charge in [0.15, 0.2) is 0 Å². The van der Waals surface area contributed by atoms with Gasteiger partial charge in [0.1, 0.15) is 0 Å². The van der Waals surface area contributed by atoms with E-state index in [1.165, 1.54) is 0 Å². The van der Waals surface area contributed by atoms with Crippen molar-refractivity contribution in [1.29, 1.82) is 0 Å². The van der Waals surface area contributed by atoms with Crippen LogP contribution >= 0.6 is 8.46 Å². The van der Waals surface area contributed by atoms with Gasteiger partial charge >= 0.3 is 20.3 Å². The minimum absolute atomic E-state index is 0.841. The molecule has 0 bridgehead atoms. The van der Waals surface area contributed by atoms with Crippen molar-refractivity contribution in [2.24, 2.45) is 0 Å². The van der Waals surface area contributed by atoms with E-state index < -0.39 is 26.6 Å². The van der Waals surface area contributed by atoms with Gasteiger partial charge in [-0.2, -0.15) is 0 Å². The van der Waals surface area contributed by atoms with Gasteiger partial charge in [0.2, 0.25) is 6.29 Å². The predicted molar refractivity (Wildman–Crippen MR) is 37.3 cm³/mol. The molecule has 0 fully saturated rings. The standard InChI is InChI=1S/C5H7O5P/c1-2-3(6)10-5(11-9)4(7)8/h2,4-5,7-8H,1H2/p+1. The number of carbonyl (C=O) groups is 1. The zero-order valence-electron chi connectivity index (χ0n) is 5.56. The Morgan fingerprint density at radius 1 is 1.64 bits per heavy atom. The van der Waals surface area contributed by atoms with Crippen LogP contribution in [-0.2, 0) is 14.1 Å². The average Bonchev–Trinajstić information content (AvgIpc) is 1.99. The SMILES string of the molecule is C=CC(=O)OC([PH+]=O)C(O)O. The summed E-state index contributed by atoms with van der Waals surface area (Å²) in [5, 5.41) is 16.8. The van der Waals surface area contributed by atoms with Gasteiger partial charge in [-0.3, -0.25) is 0 Å². The summed E-state index contributed by atoms with van der Waals surface area (Å²) in [5.74, 6) is -2.23. The van der Waals surface area contributed by atoms with E-state index in [0.29, 0.717) is 0 Å². The Morgan fingerprint density at radius 3 is 2.45 bits per heavy atom. The molecule has 0 aliphatic heterocycles. The van der Waals surface area contributed by atoms with Gasteiger partial charge in [-0.15, -0.1) is 0 Å². The molecule has 11 heavy (non-hydrogen) atoms. The number of rotatable bonds is 4. The van der Waals surface area contributed by atoms with Gasteiger partial charge in [-0.25, -0.2) is 4.79 Å². The first-order valence-corrected chi connectivity index (χ1v) is 3.67. The molecule has 0 saturated carbocycles. The number of hydrogen-bond donors (Lipinski definition) is 2. The maximum atomic E-state index is 10.4. The molecule has 0 aliphatic carbocycles. The lowest BCUT2D eigenvalue weighted by Gasteiger charge is -2.04. The van der Waals surface area contributed by atoms with Crippen molar-refractivity contribution in [3.8, 4) is 0 Å². The fourth-order valence-electron chi connectivity index (χ4n) is 0.319. The second-order valence-corrected chi connectivity index (χ2v) is 2.40. The molecule has 0 rings (SSSR count). The minimum atomic E-state index is -1.92. The molecule has 0 heterocycles. The van der Waals surface area contributed by atoms with Crippen molar-refractivity contribution in [1.82, 2.24) is 0 Å². The minimum Gasteiger partial charge on any atom is -0.409 e. The second-order valence-electron chi connectivity index (χ2n) is 1.59. The van der Waals surface area contributed by atoms with E-state index in [4.69, 9.17) is 10.2 Å². The topological polar surface area (TPSA) is 83.8 Å². The Labute approximate surface area is 64.5 Å². The van der Waals surface area contributed by atoms with Crippen molar-refractivity contribution < 1.29 is 24.3 Å². The molecule has 0 amide bonds. The van der Waals surface area contributed by atoms with Crippen LogP contribution in [0.25, 0.3) is 0 Å². The van der Waals surface area contributed by atoms with Crippen LogP contribution in [-0.4, -0.2) is 28.3 Å². The molecule has 0 spiro atoms. The maximum Gasteiger partial charge on any atom is 0.374 e. The average molecular weight is 179 g/mol. The summed E-state index contributed by atoms with van der Waals surface area (Å²) < 4.78 is 14.4. The molecule has 2 N–H and O–H groups in total. The molecule has 0 aromatic heterocycles. The lowest BCUT2D eigenvalue weighted by molar-refractivity contribution is -0.156. The highest BCUT2D eigenvalue weighted by molar-refractivity contribution is 7.24. The number of esters is 1. The van der Waals surface area contributed by atoms with Gasteiger partial charge in [0.25, 0.3) is 0 Å². The van der Waals surface area contributed by atoms with E-state index in [9.17, 15) is 9.36 Å². The van der Waals surface area contributed by atoms with Crippen LogP contribution in [0, 0.1) is 0 Å². The monoisotopic (exact) mass is 179 g/mol. The van der Waals surface area contributed by atoms with Crippen molar-refractivity contribution in [2.75, 3.05) is 0 Å². The fourth-order valence-corrected chi connectivity index (χ4v) is 0.605. The third-order valence-electron chi connectivity index (χ3n) is 0.797. The van der Waals surface area contributed by atoms with E-state index >= 15 is 0 Å². The van der Waals surface area contributed by atoms with Crippen LogP contribution < -0.4 is 0 Å². The lowest BCUT2D eigenvalue weighted by Crippen LogP contribution is -2.25. The zero-order chi connectivity index (χ0) is 8.85. The molecule has 62 valence electrons. The summed E-state index contributed by atoms with van der Waals surface area (Å²) in [6.07, 6.45) is -1.08. The Bertz CT molecular complexity index is 166. The molecule has 2 atom stereocenters. The first-order chi connectivity index (χ1) is 5.11. The Morgan fingerprint density at radius 2 is 2.18 bits per heavy atom. The van der Waals surface area contributed by atoms with Crippen LogP contribution in [0.2, 0.25) is 0 Å². The smallest absolute Gasteiger partial charge is 0.374 e. The van der Waals surface area contributed by atoms with E-state index in [1.54, 1.807) is 0 Å². The van der Waals surface area contributed by atoms with E-state index in [1.807, 2.05) is 0 Å². The molecule has 0 radical (unpaired) electrons. The third kappa shape index (κ3) is 3.83. The first-order valence-electron chi connectivity index (χ1n) is 2.68. The number of aliphatic hydroxyl groups excluding tert-OH is 1. The van der Waals surface area contributed by atoms with E-state index in [0.717, 1.165) is 6.08 Å². The fraction of sp³-hybridized carbons (Fsp3) is 0.400. The highest BCUT2D eigenvalue weighted by atomic mass is 31.1. The van der Waals surface area contributed by atoms with Crippen molar-refractivity contribution in [2.45, 2.75) is 12.1 Å². The molecule has 0 saturated heterocycles. The van der Waals surface area contributed by atoms with Crippen molar-refractivity contribution >= 4 is 14.4 Å². The third-order valence-corrected chi connectivity index (χ3v) is 1.45. The molecule has 0 aliphatic rings. The summed E-state index contributed by atoms with van der Waals surface area (Å²) in [4.78, 5) is 10.4. The first kappa shape index (κ1) is 10.2. The largest absolute Gasteiger partial charge is 0.409 e. The molecule has 0 aromatic carbocycles. The normalized spacial score (nSPS) is 13.0. The van der Waals surface area contributed by atoms with Crippen LogP contribution in [0.1, 0.15) is 0 Å². The van der Waals surface area contributed by atoms with Crippen molar-refractivity contribution in [3.05, 3.63) is 12.7 Å². The predicted octanol–water partition coefficient (Wildman–Crippen LogP) is -0.624. The summed E-state index contributed by atoms with van der Waals surface area (Å²) in [5.41, 5.74) is 0. The second kappa shape index (κ2) is 4.96. The lowest BCUT2D eigenvalue weighted by atomic mass is 10.6. The van der Waals surface area contributed by atoms with Crippen molar-refractivity contribution in [3.63, 3.8) is 0 Å². The van der Waals surface area contributed by atoms with Crippen LogP contribution in [0.3, 0.4) is 0 Å². The number of ether oxygens (including phenoxy) is 1. The van der Waals surface area contributed by atoms with Gasteiger partial charge in [0.05, 0.1) is 0 Å². The van der Waals surface area contributed by atoms with Crippen LogP contribution in [0.4, 0.5) is 0 Å². The molecule has 0 aromatic rings. The number of aliphatic hydroxyl groups is 2. The van der Waals surface area contributed by atoms with Gasteiger partial charge in [0, 0.05) is 6.08 Å². The van der Waals surface area contributed by atoms with Crippen LogP contribution in [0.15, 0.2) is 12.7 Å². The summed E-state index contributed by atoms with van der Waals surface area (Å²) in [6, 6.07) is 0. The summed E-state index contributed by atoms with van der Waals surface area (Å²) >= 11 is 0. The Kier molecular flexibility index (Phi) is 4.61. The summed E-state index contributed by atoms with van der Waals surface area (Å²) in [6.45, 7) is 3.07. The van der Waals surface area contributed by atoms with E-state index in [2.05, 4.69) is 11.3 Å². The zero-order valence-corrected chi connectivity index (χ0v) is 6.56. The number of carbonyl (C=O) groups excluding carboxylic acids is 1. The maximum absolute atomic E-state index is 10.4. The van der Waals surface area contributed by atoms with Crippen LogP contribution in [0.5, 0.6) is 0 Å². The Hall–Kier alpha value is -0.770. The highest BCUT2D eigenvalue weighted by Gasteiger charge is 2.27. The molecule has 5 nitrogen and oxygen atoms in total. The molecule has 6 heteroatoms. The van der Waals surface area contributed by atoms with Gasteiger partial charge in [-0.1, -0.05) is 11.1 Å². The number of hydrogen-bond acceptors (Lipinski definition) is 5. The van der Waals surface area contributed by atoms with E-state index in [-0.39, 0.29) is 0 Å². The Balaban J connectivity index is 3.97. The molecule has 2 unspecified atom stereocenters.